The fraction of sp³-hybridized carbons (Fsp3) is 0.647. The zero-order valence-electron chi connectivity index (χ0n) is 13.0. The van der Waals surface area contributed by atoms with Crippen LogP contribution in [-0.2, 0) is 4.74 Å². The third kappa shape index (κ3) is 3.40. The summed E-state index contributed by atoms with van der Waals surface area (Å²) in [5.74, 6) is 0.640. The Morgan fingerprint density at radius 2 is 2.05 bits per heavy atom. The predicted octanol–water partition coefficient (Wildman–Crippen LogP) is 2.82. The summed E-state index contributed by atoms with van der Waals surface area (Å²) in [4.78, 5) is 2.52. The second-order valence-electron chi connectivity index (χ2n) is 5.95. The summed E-state index contributed by atoms with van der Waals surface area (Å²) in [6.07, 6.45) is 2.60. The third-order valence-corrected chi connectivity index (χ3v) is 4.71. The largest absolute Gasteiger partial charge is 0.380 e. The predicted molar refractivity (Wildman–Crippen MR) is 83.6 cm³/mol. The molecule has 1 aromatic rings. The van der Waals surface area contributed by atoms with Gasteiger partial charge >= 0.3 is 0 Å². The maximum Gasteiger partial charge on any atom is 0.0724 e. The molecule has 4 unspecified atom stereocenters. The number of ether oxygens (including phenoxy) is 1. The molecule has 0 radical (unpaired) electrons. The Bertz CT molecular complexity index is 395. The van der Waals surface area contributed by atoms with Crippen LogP contribution in [0.15, 0.2) is 30.3 Å². The molecule has 0 spiro atoms. The van der Waals surface area contributed by atoms with E-state index in [1.165, 1.54) is 12.0 Å². The quantitative estimate of drug-likeness (QED) is 0.898. The van der Waals surface area contributed by atoms with E-state index in [2.05, 4.69) is 43.0 Å². The first-order valence-corrected chi connectivity index (χ1v) is 7.74. The van der Waals surface area contributed by atoms with Crippen LogP contribution in [0.5, 0.6) is 0 Å². The highest BCUT2D eigenvalue weighted by Crippen LogP contribution is 2.27. The Morgan fingerprint density at radius 3 is 2.65 bits per heavy atom. The molecule has 0 bridgehead atoms. The van der Waals surface area contributed by atoms with Gasteiger partial charge in [0.25, 0.3) is 0 Å². The third-order valence-electron chi connectivity index (χ3n) is 4.71. The van der Waals surface area contributed by atoms with E-state index >= 15 is 0 Å². The lowest BCUT2D eigenvalue weighted by Crippen LogP contribution is -2.51. The van der Waals surface area contributed by atoms with Crippen molar-refractivity contribution in [3.8, 4) is 0 Å². The van der Waals surface area contributed by atoms with Crippen molar-refractivity contribution in [3.63, 3.8) is 0 Å². The van der Waals surface area contributed by atoms with Crippen molar-refractivity contribution < 1.29 is 4.74 Å². The number of methoxy groups -OCH3 is 1. The van der Waals surface area contributed by atoms with E-state index in [9.17, 15) is 0 Å². The van der Waals surface area contributed by atoms with Crippen LogP contribution in [0.3, 0.4) is 0 Å². The Labute approximate surface area is 123 Å². The second kappa shape index (κ2) is 7.21. The summed E-state index contributed by atoms with van der Waals surface area (Å²) < 4.78 is 5.63. The summed E-state index contributed by atoms with van der Waals surface area (Å²) in [7, 11) is 1.82. The average molecular weight is 276 g/mol. The van der Waals surface area contributed by atoms with Crippen molar-refractivity contribution in [2.75, 3.05) is 20.2 Å². The highest BCUT2D eigenvalue weighted by molar-refractivity contribution is 5.20. The van der Waals surface area contributed by atoms with Crippen LogP contribution < -0.4 is 5.73 Å². The van der Waals surface area contributed by atoms with Crippen molar-refractivity contribution in [1.82, 2.24) is 4.90 Å². The fourth-order valence-corrected chi connectivity index (χ4v) is 3.30. The molecule has 3 heteroatoms. The van der Waals surface area contributed by atoms with E-state index in [0.717, 1.165) is 19.5 Å². The number of nitrogens with zero attached hydrogens (tertiary/aromatic N) is 1. The van der Waals surface area contributed by atoms with Gasteiger partial charge in [-0.25, -0.2) is 0 Å². The fourth-order valence-electron chi connectivity index (χ4n) is 3.30. The molecule has 1 fully saturated rings. The summed E-state index contributed by atoms with van der Waals surface area (Å²) in [5, 5.41) is 0. The number of likely N-dealkylation sites (tertiary alicyclic amines) is 1. The van der Waals surface area contributed by atoms with Crippen LogP contribution in [0.25, 0.3) is 0 Å². The number of piperidine rings is 1. The van der Waals surface area contributed by atoms with Crippen LogP contribution in [0.1, 0.15) is 38.3 Å². The topological polar surface area (TPSA) is 38.5 Å². The molecule has 2 N–H and O–H groups in total. The molecule has 0 aromatic heterocycles. The first-order chi connectivity index (χ1) is 9.67. The Hall–Kier alpha value is -0.900. The zero-order valence-corrected chi connectivity index (χ0v) is 13.0. The molecule has 112 valence electrons. The van der Waals surface area contributed by atoms with Gasteiger partial charge in [-0.1, -0.05) is 44.2 Å². The van der Waals surface area contributed by atoms with Gasteiger partial charge in [-0.2, -0.15) is 0 Å². The van der Waals surface area contributed by atoms with Crippen molar-refractivity contribution in [3.05, 3.63) is 35.9 Å². The lowest BCUT2D eigenvalue weighted by Gasteiger charge is -2.42. The molecule has 1 saturated heterocycles. The molecule has 4 atom stereocenters. The molecule has 0 aliphatic carbocycles. The maximum absolute atomic E-state index is 6.52. The van der Waals surface area contributed by atoms with Gasteiger partial charge in [0.1, 0.15) is 0 Å². The van der Waals surface area contributed by atoms with Gasteiger partial charge in [0.2, 0.25) is 0 Å². The summed E-state index contributed by atoms with van der Waals surface area (Å²) in [5.41, 5.74) is 7.75. The average Bonchev–Trinajstić information content (AvgIpc) is 2.50. The van der Waals surface area contributed by atoms with E-state index in [0.29, 0.717) is 18.1 Å². The Morgan fingerprint density at radius 1 is 1.35 bits per heavy atom. The van der Waals surface area contributed by atoms with Crippen LogP contribution in [0, 0.1) is 5.92 Å². The van der Waals surface area contributed by atoms with Gasteiger partial charge in [0.15, 0.2) is 0 Å². The van der Waals surface area contributed by atoms with Crippen molar-refractivity contribution in [2.45, 2.75) is 44.9 Å². The van der Waals surface area contributed by atoms with E-state index in [4.69, 9.17) is 10.5 Å². The van der Waals surface area contributed by atoms with Crippen molar-refractivity contribution in [2.24, 2.45) is 11.7 Å². The molecule has 20 heavy (non-hydrogen) atoms. The molecule has 3 nitrogen and oxygen atoms in total. The van der Waals surface area contributed by atoms with E-state index in [-0.39, 0.29) is 6.04 Å². The SMILES string of the molecule is CCC(C(N)c1ccccc1)N1CCC(C)C(OC)C1. The summed E-state index contributed by atoms with van der Waals surface area (Å²) in [6.45, 7) is 6.63. The van der Waals surface area contributed by atoms with Gasteiger partial charge in [0, 0.05) is 25.7 Å². The van der Waals surface area contributed by atoms with E-state index in [1.54, 1.807) is 0 Å². The highest BCUT2D eigenvalue weighted by atomic mass is 16.5. The normalized spacial score (nSPS) is 27.2. The number of nitrogens with two attached hydrogens (primary N) is 1. The molecular weight excluding hydrogens is 248 g/mol. The Balaban J connectivity index is 2.08. The molecule has 0 amide bonds. The minimum Gasteiger partial charge on any atom is -0.380 e. The molecule has 1 aliphatic rings. The lowest BCUT2D eigenvalue weighted by atomic mass is 9.90. The van der Waals surface area contributed by atoms with Crippen LogP contribution >= 0.6 is 0 Å². The van der Waals surface area contributed by atoms with Gasteiger partial charge in [0.05, 0.1) is 6.10 Å². The van der Waals surface area contributed by atoms with E-state index < -0.39 is 0 Å². The minimum atomic E-state index is 0.0760. The van der Waals surface area contributed by atoms with Crippen molar-refractivity contribution in [1.29, 1.82) is 0 Å². The molecule has 1 aromatic carbocycles. The number of hydrogen-bond donors (Lipinski definition) is 1. The summed E-state index contributed by atoms with van der Waals surface area (Å²) in [6, 6.07) is 10.9. The Kier molecular flexibility index (Phi) is 5.58. The van der Waals surface area contributed by atoms with Crippen LogP contribution in [0.4, 0.5) is 0 Å². The first kappa shape index (κ1) is 15.5. The highest BCUT2D eigenvalue weighted by Gasteiger charge is 2.32. The number of hydrogen-bond acceptors (Lipinski definition) is 3. The molecule has 1 aliphatic heterocycles. The molecule has 2 rings (SSSR count). The van der Waals surface area contributed by atoms with Crippen LogP contribution in [-0.4, -0.2) is 37.2 Å². The van der Waals surface area contributed by atoms with E-state index in [1.807, 2.05) is 13.2 Å². The van der Waals surface area contributed by atoms with Crippen LogP contribution in [0.2, 0.25) is 0 Å². The second-order valence-corrected chi connectivity index (χ2v) is 5.95. The van der Waals surface area contributed by atoms with Gasteiger partial charge in [-0.3, -0.25) is 4.90 Å². The monoisotopic (exact) mass is 276 g/mol. The van der Waals surface area contributed by atoms with Gasteiger partial charge in [-0.15, -0.1) is 0 Å². The summed E-state index contributed by atoms with van der Waals surface area (Å²) >= 11 is 0. The zero-order chi connectivity index (χ0) is 14.5. The lowest BCUT2D eigenvalue weighted by molar-refractivity contribution is -0.0233. The first-order valence-electron chi connectivity index (χ1n) is 7.74. The van der Waals surface area contributed by atoms with Gasteiger partial charge in [-0.05, 0) is 30.9 Å². The number of rotatable bonds is 5. The maximum atomic E-state index is 6.52. The number of benzene rings is 1. The molecule has 1 heterocycles. The molecular formula is C17H28N2O. The minimum absolute atomic E-state index is 0.0760. The van der Waals surface area contributed by atoms with Gasteiger partial charge < -0.3 is 10.5 Å². The molecule has 0 saturated carbocycles. The van der Waals surface area contributed by atoms with Crippen molar-refractivity contribution >= 4 is 0 Å². The standard InChI is InChI=1S/C17H28N2O/c1-4-15(17(18)14-8-6-5-7-9-14)19-11-10-13(2)16(12-19)20-3/h5-9,13,15-17H,4,10-12,18H2,1-3H3. The smallest absolute Gasteiger partial charge is 0.0724 e.